The minimum Gasteiger partial charge on any atom is -0.392 e. The average molecular weight is 158 g/mol. The second kappa shape index (κ2) is 3.88. The van der Waals surface area contributed by atoms with E-state index in [0.29, 0.717) is 6.42 Å². The van der Waals surface area contributed by atoms with Crippen LogP contribution in [0.2, 0.25) is 0 Å². The quantitative estimate of drug-likeness (QED) is 0.606. The summed E-state index contributed by atoms with van der Waals surface area (Å²) < 4.78 is 0. The molecule has 2 atom stereocenters. The van der Waals surface area contributed by atoms with Crippen molar-refractivity contribution >= 4 is 0 Å². The maximum Gasteiger partial charge on any atom is 0.0793 e. The van der Waals surface area contributed by atoms with Crippen molar-refractivity contribution in [3.05, 3.63) is 12.7 Å². The van der Waals surface area contributed by atoms with Crippen molar-refractivity contribution in [3.63, 3.8) is 0 Å². The molecule has 0 amide bonds. The fourth-order valence-electron chi connectivity index (χ4n) is 1.03. The molecule has 0 fully saturated rings. The van der Waals surface area contributed by atoms with Crippen LogP contribution in [0.3, 0.4) is 0 Å². The van der Waals surface area contributed by atoms with Gasteiger partial charge in [0, 0.05) is 5.41 Å². The Morgan fingerprint density at radius 2 is 1.91 bits per heavy atom. The minimum absolute atomic E-state index is 0.476. The molecule has 0 spiro atoms. The third-order valence-electron chi connectivity index (χ3n) is 2.23. The number of aliphatic hydroxyl groups is 2. The predicted octanol–water partition coefficient (Wildman–Crippen LogP) is 1.33. The van der Waals surface area contributed by atoms with Gasteiger partial charge in [-0.1, -0.05) is 26.8 Å². The van der Waals surface area contributed by atoms with Crippen molar-refractivity contribution < 1.29 is 10.2 Å². The molecule has 0 aromatic heterocycles. The van der Waals surface area contributed by atoms with Crippen LogP contribution >= 0.6 is 0 Å². The molecule has 0 aliphatic heterocycles. The molecule has 0 aliphatic rings. The molecule has 0 saturated carbocycles. The standard InChI is InChI=1S/C9H18O2/c1-5-7(10)9(3,4)8(11)6-2/h5,7-8,10-11H,1,6H2,2-4H3. The summed E-state index contributed by atoms with van der Waals surface area (Å²) in [7, 11) is 0. The number of hydrogen-bond acceptors (Lipinski definition) is 2. The zero-order chi connectivity index (χ0) is 9.07. The van der Waals surface area contributed by atoms with E-state index in [9.17, 15) is 10.2 Å². The molecule has 0 bridgehead atoms. The Bertz CT molecular complexity index is 130. The first kappa shape index (κ1) is 10.7. The summed E-state index contributed by atoms with van der Waals surface area (Å²) in [6, 6.07) is 0. The highest BCUT2D eigenvalue weighted by Crippen LogP contribution is 2.27. The minimum atomic E-state index is -0.641. The Morgan fingerprint density at radius 3 is 2.18 bits per heavy atom. The highest BCUT2D eigenvalue weighted by atomic mass is 16.3. The summed E-state index contributed by atoms with van der Waals surface area (Å²) in [5.74, 6) is 0. The highest BCUT2D eigenvalue weighted by molar-refractivity contribution is 4.93. The molecule has 0 aromatic rings. The van der Waals surface area contributed by atoms with E-state index in [-0.39, 0.29) is 0 Å². The van der Waals surface area contributed by atoms with Crippen molar-refractivity contribution in [2.75, 3.05) is 0 Å². The van der Waals surface area contributed by atoms with Crippen LogP contribution in [0.5, 0.6) is 0 Å². The molecule has 0 rings (SSSR count). The molecule has 2 N–H and O–H groups in total. The molecule has 11 heavy (non-hydrogen) atoms. The van der Waals surface area contributed by atoms with Crippen LogP contribution in [-0.4, -0.2) is 22.4 Å². The lowest BCUT2D eigenvalue weighted by Crippen LogP contribution is -2.38. The molecule has 0 aliphatic carbocycles. The summed E-state index contributed by atoms with van der Waals surface area (Å²) in [6.45, 7) is 9.03. The highest BCUT2D eigenvalue weighted by Gasteiger charge is 2.32. The van der Waals surface area contributed by atoms with E-state index >= 15 is 0 Å². The van der Waals surface area contributed by atoms with Crippen molar-refractivity contribution in [2.24, 2.45) is 5.41 Å². The second-order valence-electron chi connectivity index (χ2n) is 3.43. The van der Waals surface area contributed by atoms with E-state index in [1.807, 2.05) is 20.8 Å². The van der Waals surface area contributed by atoms with Gasteiger partial charge in [0.25, 0.3) is 0 Å². The largest absolute Gasteiger partial charge is 0.392 e. The van der Waals surface area contributed by atoms with Crippen LogP contribution in [-0.2, 0) is 0 Å². The number of hydrogen-bond donors (Lipinski definition) is 2. The molecule has 2 nitrogen and oxygen atoms in total. The maximum atomic E-state index is 9.48. The van der Waals surface area contributed by atoms with Gasteiger partial charge in [-0.2, -0.15) is 0 Å². The molecule has 0 saturated heterocycles. The van der Waals surface area contributed by atoms with Gasteiger partial charge in [-0.15, -0.1) is 6.58 Å². The van der Waals surface area contributed by atoms with E-state index in [1.54, 1.807) is 0 Å². The first-order valence-electron chi connectivity index (χ1n) is 3.95. The van der Waals surface area contributed by atoms with Crippen LogP contribution in [0.25, 0.3) is 0 Å². The van der Waals surface area contributed by atoms with Gasteiger partial charge in [0.2, 0.25) is 0 Å². The van der Waals surface area contributed by atoms with Gasteiger partial charge in [-0.05, 0) is 6.42 Å². The summed E-state index contributed by atoms with van der Waals surface area (Å²) in [6.07, 6.45) is 0.990. The third-order valence-corrected chi connectivity index (χ3v) is 2.23. The second-order valence-corrected chi connectivity index (χ2v) is 3.43. The lowest BCUT2D eigenvalue weighted by Gasteiger charge is -2.32. The lowest BCUT2D eigenvalue weighted by atomic mass is 9.80. The van der Waals surface area contributed by atoms with Gasteiger partial charge in [0.15, 0.2) is 0 Å². The molecular weight excluding hydrogens is 140 g/mol. The van der Waals surface area contributed by atoms with Crippen LogP contribution < -0.4 is 0 Å². The van der Waals surface area contributed by atoms with Gasteiger partial charge < -0.3 is 10.2 Å². The topological polar surface area (TPSA) is 40.5 Å². The Labute approximate surface area is 68.6 Å². The fourth-order valence-corrected chi connectivity index (χ4v) is 1.03. The smallest absolute Gasteiger partial charge is 0.0793 e. The molecule has 0 aromatic carbocycles. The fraction of sp³-hybridized carbons (Fsp3) is 0.778. The van der Waals surface area contributed by atoms with Gasteiger partial charge in [0.1, 0.15) is 0 Å². The van der Waals surface area contributed by atoms with Gasteiger partial charge in [0.05, 0.1) is 12.2 Å². The molecule has 2 heteroatoms. The van der Waals surface area contributed by atoms with Crippen molar-refractivity contribution in [3.8, 4) is 0 Å². The summed E-state index contributed by atoms with van der Waals surface area (Å²) >= 11 is 0. The normalized spacial score (nSPS) is 17.5. The SMILES string of the molecule is C=CC(O)C(C)(C)C(O)CC. The summed E-state index contributed by atoms with van der Waals surface area (Å²) in [5, 5.41) is 18.9. The van der Waals surface area contributed by atoms with Crippen molar-refractivity contribution in [2.45, 2.75) is 39.4 Å². The zero-order valence-electron chi connectivity index (χ0n) is 7.54. The average Bonchev–Trinajstić information content (AvgIpc) is 2.01. The monoisotopic (exact) mass is 158 g/mol. The molecule has 2 unspecified atom stereocenters. The maximum absolute atomic E-state index is 9.48. The predicted molar refractivity (Wildman–Crippen MR) is 46.3 cm³/mol. The zero-order valence-corrected chi connectivity index (χ0v) is 7.54. The van der Waals surface area contributed by atoms with Crippen LogP contribution in [0.15, 0.2) is 12.7 Å². The van der Waals surface area contributed by atoms with E-state index in [4.69, 9.17) is 0 Å². The summed E-state index contributed by atoms with van der Waals surface area (Å²) in [4.78, 5) is 0. The van der Waals surface area contributed by atoms with Crippen molar-refractivity contribution in [1.29, 1.82) is 0 Å². The first-order chi connectivity index (χ1) is 4.96. The van der Waals surface area contributed by atoms with Gasteiger partial charge in [-0.3, -0.25) is 0 Å². The lowest BCUT2D eigenvalue weighted by molar-refractivity contribution is -0.0267. The van der Waals surface area contributed by atoms with Gasteiger partial charge in [-0.25, -0.2) is 0 Å². The van der Waals surface area contributed by atoms with E-state index in [0.717, 1.165) is 0 Å². The van der Waals surface area contributed by atoms with E-state index < -0.39 is 17.6 Å². The molecule has 66 valence electrons. The molecular formula is C9H18O2. The van der Waals surface area contributed by atoms with Crippen LogP contribution in [0.4, 0.5) is 0 Å². The Hall–Kier alpha value is -0.340. The van der Waals surface area contributed by atoms with Gasteiger partial charge >= 0.3 is 0 Å². The third kappa shape index (κ3) is 2.31. The Balaban J connectivity index is 4.29. The van der Waals surface area contributed by atoms with Crippen LogP contribution in [0.1, 0.15) is 27.2 Å². The van der Waals surface area contributed by atoms with Crippen molar-refractivity contribution in [1.82, 2.24) is 0 Å². The Morgan fingerprint density at radius 1 is 1.45 bits per heavy atom. The van der Waals surface area contributed by atoms with E-state index in [2.05, 4.69) is 6.58 Å². The van der Waals surface area contributed by atoms with E-state index in [1.165, 1.54) is 6.08 Å². The summed E-state index contributed by atoms with van der Waals surface area (Å²) in [5.41, 5.74) is -0.490. The molecule has 0 heterocycles. The van der Waals surface area contributed by atoms with Crippen LogP contribution in [0, 0.1) is 5.41 Å². The first-order valence-corrected chi connectivity index (χ1v) is 3.95. The Kier molecular flexibility index (Phi) is 3.76. The molecule has 0 radical (unpaired) electrons. The number of rotatable bonds is 4. The number of aliphatic hydroxyl groups excluding tert-OH is 2.